The topological polar surface area (TPSA) is 72.7 Å². The summed E-state index contributed by atoms with van der Waals surface area (Å²) in [4.78, 5) is 16.4. The number of halogens is 1. The maximum absolute atomic E-state index is 13.7. The van der Waals surface area contributed by atoms with Crippen molar-refractivity contribution in [2.45, 2.75) is 30.8 Å². The quantitative estimate of drug-likeness (QED) is 0.670. The first-order valence-corrected chi connectivity index (χ1v) is 9.03. The molecule has 0 radical (unpaired) electrons. The summed E-state index contributed by atoms with van der Waals surface area (Å²) in [7, 11) is 0. The van der Waals surface area contributed by atoms with Crippen molar-refractivity contribution in [2.24, 2.45) is 0 Å². The number of anilines is 1. The largest absolute Gasteiger partial charge is 0.323 e. The fourth-order valence-electron chi connectivity index (χ4n) is 2.38. The third kappa shape index (κ3) is 3.91. The molecule has 0 aliphatic carbocycles. The molecule has 0 fully saturated rings. The fourth-order valence-corrected chi connectivity index (χ4v) is 3.30. The standard InChI is InChI=1S/C18H18FN5OS/c1-3-24-16(13-8-10-20-11-9-13)22-23-18(24)26-12(2)17(25)21-15-7-5-4-6-14(15)19/h4-12H,3H2,1-2H3,(H,21,25)/t12-/m0/s1. The minimum atomic E-state index is -0.464. The van der Waals surface area contributed by atoms with Crippen LogP contribution in [0, 0.1) is 5.82 Å². The van der Waals surface area contributed by atoms with Crippen LogP contribution in [0.4, 0.5) is 10.1 Å². The smallest absolute Gasteiger partial charge is 0.237 e. The molecule has 134 valence electrons. The van der Waals surface area contributed by atoms with E-state index in [4.69, 9.17) is 0 Å². The summed E-state index contributed by atoms with van der Waals surface area (Å²) in [5, 5.41) is 11.2. The number of carbonyl (C=O) groups excluding carboxylic acids is 1. The molecule has 2 aromatic heterocycles. The number of nitrogens with zero attached hydrogens (tertiary/aromatic N) is 4. The number of carbonyl (C=O) groups is 1. The number of thioether (sulfide) groups is 1. The molecule has 0 unspecified atom stereocenters. The van der Waals surface area contributed by atoms with Gasteiger partial charge < -0.3 is 9.88 Å². The molecular weight excluding hydrogens is 353 g/mol. The summed E-state index contributed by atoms with van der Waals surface area (Å²) in [6.45, 7) is 4.40. The lowest BCUT2D eigenvalue weighted by Gasteiger charge is -2.13. The summed E-state index contributed by atoms with van der Waals surface area (Å²) in [6, 6.07) is 9.81. The van der Waals surface area contributed by atoms with E-state index in [1.54, 1.807) is 31.5 Å². The normalized spacial score (nSPS) is 12.0. The van der Waals surface area contributed by atoms with Crippen LogP contribution in [0.3, 0.4) is 0 Å². The molecular formula is C18H18FN5OS. The molecule has 26 heavy (non-hydrogen) atoms. The van der Waals surface area contributed by atoms with Crippen LogP contribution in [0.1, 0.15) is 13.8 Å². The lowest BCUT2D eigenvalue weighted by atomic mass is 10.2. The van der Waals surface area contributed by atoms with Crippen LogP contribution < -0.4 is 5.32 Å². The highest BCUT2D eigenvalue weighted by molar-refractivity contribution is 8.00. The number of hydrogen-bond donors (Lipinski definition) is 1. The first-order valence-electron chi connectivity index (χ1n) is 8.15. The zero-order valence-corrected chi connectivity index (χ0v) is 15.2. The Hall–Kier alpha value is -2.74. The van der Waals surface area contributed by atoms with Crippen molar-refractivity contribution in [3.05, 3.63) is 54.6 Å². The molecule has 0 bridgehead atoms. The van der Waals surface area contributed by atoms with Crippen LogP contribution >= 0.6 is 11.8 Å². The van der Waals surface area contributed by atoms with Gasteiger partial charge in [0.1, 0.15) is 5.82 Å². The van der Waals surface area contributed by atoms with Gasteiger partial charge in [0, 0.05) is 24.5 Å². The van der Waals surface area contributed by atoms with E-state index in [0.717, 1.165) is 11.4 Å². The van der Waals surface area contributed by atoms with E-state index in [2.05, 4.69) is 20.5 Å². The molecule has 0 saturated heterocycles. The number of pyridine rings is 1. The highest BCUT2D eigenvalue weighted by Gasteiger charge is 2.21. The second kappa shape index (κ2) is 8.09. The predicted molar refractivity (Wildman–Crippen MR) is 99.3 cm³/mol. The first-order chi connectivity index (χ1) is 12.6. The molecule has 1 aromatic carbocycles. The van der Waals surface area contributed by atoms with Gasteiger partial charge in [-0.05, 0) is 38.1 Å². The Bertz CT molecular complexity index is 900. The molecule has 3 aromatic rings. The van der Waals surface area contributed by atoms with E-state index >= 15 is 0 Å². The second-order valence-electron chi connectivity index (χ2n) is 5.52. The maximum Gasteiger partial charge on any atom is 0.237 e. The summed E-state index contributed by atoms with van der Waals surface area (Å²) >= 11 is 1.28. The van der Waals surface area contributed by atoms with Crippen LogP contribution in [0.15, 0.2) is 53.9 Å². The zero-order chi connectivity index (χ0) is 18.5. The Balaban J connectivity index is 1.75. The second-order valence-corrected chi connectivity index (χ2v) is 6.82. The zero-order valence-electron chi connectivity index (χ0n) is 14.4. The number of amides is 1. The number of rotatable bonds is 6. The van der Waals surface area contributed by atoms with Crippen LogP contribution in [-0.2, 0) is 11.3 Å². The third-order valence-corrected chi connectivity index (χ3v) is 4.84. The molecule has 0 spiro atoms. The molecule has 1 amide bonds. The molecule has 0 aliphatic rings. The van der Waals surface area contributed by atoms with Gasteiger partial charge in [0.05, 0.1) is 10.9 Å². The Labute approximate surface area is 154 Å². The number of hydrogen-bond acceptors (Lipinski definition) is 5. The minimum Gasteiger partial charge on any atom is -0.323 e. The van der Waals surface area contributed by atoms with Crippen molar-refractivity contribution < 1.29 is 9.18 Å². The van der Waals surface area contributed by atoms with Crippen LogP contribution in [-0.4, -0.2) is 30.9 Å². The number of para-hydroxylation sites is 1. The highest BCUT2D eigenvalue weighted by atomic mass is 32.2. The van der Waals surface area contributed by atoms with Crippen molar-refractivity contribution in [1.82, 2.24) is 19.7 Å². The molecule has 0 saturated carbocycles. The lowest BCUT2D eigenvalue weighted by Crippen LogP contribution is -2.23. The summed E-state index contributed by atoms with van der Waals surface area (Å²) < 4.78 is 15.6. The first kappa shape index (κ1) is 18.1. The Morgan fingerprint density at radius 2 is 1.96 bits per heavy atom. The Kier molecular flexibility index (Phi) is 5.62. The monoisotopic (exact) mass is 371 g/mol. The van der Waals surface area contributed by atoms with Crippen LogP contribution in [0.5, 0.6) is 0 Å². The van der Waals surface area contributed by atoms with Gasteiger partial charge in [-0.3, -0.25) is 9.78 Å². The molecule has 2 heterocycles. The van der Waals surface area contributed by atoms with Crippen molar-refractivity contribution in [1.29, 1.82) is 0 Å². The van der Waals surface area contributed by atoms with E-state index in [1.165, 1.54) is 23.9 Å². The van der Waals surface area contributed by atoms with E-state index < -0.39 is 11.1 Å². The average molecular weight is 371 g/mol. The van der Waals surface area contributed by atoms with Gasteiger partial charge in [0.15, 0.2) is 11.0 Å². The van der Waals surface area contributed by atoms with Crippen LogP contribution in [0.25, 0.3) is 11.4 Å². The SMILES string of the molecule is CCn1c(S[C@@H](C)C(=O)Nc2ccccc2F)nnc1-c1ccncc1. The molecule has 1 atom stereocenters. The van der Waals surface area contributed by atoms with Crippen molar-refractivity contribution in [3.63, 3.8) is 0 Å². The molecule has 8 heteroatoms. The number of benzene rings is 1. The highest BCUT2D eigenvalue weighted by Crippen LogP contribution is 2.27. The Morgan fingerprint density at radius 1 is 1.23 bits per heavy atom. The van der Waals surface area contributed by atoms with Crippen molar-refractivity contribution in [2.75, 3.05) is 5.32 Å². The molecule has 1 N–H and O–H groups in total. The molecule has 3 rings (SSSR count). The average Bonchev–Trinajstić information content (AvgIpc) is 3.06. The van der Waals surface area contributed by atoms with Gasteiger partial charge in [0.2, 0.25) is 5.91 Å². The molecule has 6 nitrogen and oxygen atoms in total. The van der Waals surface area contributed by atoms with E-state index in [1.807, 2.05) is 23.6 Å². The molecule has 0 aliphatic heterocycles. The summed E-state index contributed by atoms with van der Waals surface area (Å²) in [5.41, 5.74) is 1.07. The van der Waals surface area contributed by atoms with E-state index in [-0.39, 0.29) is 11.6 Å². The minimum absolute atomic E-state index is 0.166. The lowest BCUT2D eigenvalue weighted by molar-refractivity contribution is -0.115. The van der Waals surface area contributed by atoms with Crippen LogP contribution in [0.2, 0.25) is 0 Å². The van der Waals surface area contributed by atoms with Crippen molar-refractivity contribution in [3.8, 4) is 11.4 Å². The third-order valence-electron chi connectivity index (χ3n) is 3.75. The number of aromatic nitrogens is 4. The fraction of sp³-hybridized carbons (Fsp3) is 0.222. The van der Waals surface area contributed by atoms with Gasteiger partial charge >= 0.3 is 0 Å². The number of nitrogens with one attached hydrogen (secondary N) is 1. The van der Waals surface area contributed by atoms with Gasteiger partial charge in [-0.1, -0.05) is 23.9 Å². The van der Waals surface area contributed by atoms with Gasteiger partial charge in [-0.15, -0.1) is 10.2 Å². The maximum atomic E-state index is 13.7. The van der Waals surface area contributed by atoms with Crippen molar-refractivity contribution >= 4 is 23.4 Å². The van der Waals surface area contributed by atoms with Gasteiger partial charge in [-0.25, -0.2) is 4.39 Å². The van der Waals surface area contributed by atoms with Gasteiger partial charge in [-0.2, -0.15) is 0 Å². The Morgan fingerprint density at radius 3 is 2.65 bits per heavy atom. The van der Waals surface area contributed by atoms with E-state index in [0.29, 0.717) is 11.7 Å². The summed E-state index contributed by atoms with van der Waals surface area (Å²) in [6.07, 6.45) is 3.39. The van der Waals surface area contributed by atoms with E-state index in [9.17, 15) is 9.18 Å². The van der Waals surface area contributed by atoms with Gasteiger partial charge in [0.25, 0.3) is 0 Å². The predicted octanol–water partition coefficient (Wildman–Crippen LogP) is 3.62. The summed E-state index contributed by atoms with van der Waals surface area (Å²) in [5.74, 6) is -0.0370.